The first-order chi connectivity index (χ1) is 15.5. The molecule has 2 aliphatic rings. The average molecular weight is 435 g/mol. The van der Waals surface area contributed by atoms with Crippen LogP contribution < -0.4 is 15.5 Å². The Bertz CT molecular complexity index is 1110. The Labute approximate surface area is 187 Å². The number of carbonyl (C=O) groups is 1. The Morgan fingerprint density at radius 2 is 1.97 bits per heavy atom. The minimum atomic E-state index is -0.0568. The van der Waals surface area contributed by atoms with Crippen molar-refractivity contribution in [3.8, 4) is 0 Å². The third-order valence-corrected chi connectivity index (χ3v) is 6.27. The first-order valence-electron chi connectivity index (χ1n) is 11.3. The summed E-state index contributed by atoms with van der Waals surface area (Å²) in [6, 6.07) is 6.11. The molecule has 1 fully saturated rings. The molecule has 168 valence electrons. The van der Waals surface area contributed by atoms with Crippen LogP contribution in [0.25, 0.3) is 11.0 Å². The second-order valence-corrected chi connectivity index (χ2v) is 9.18. The molecule has 0 bridgehead atoms. The van der Waals surface area contributed by atoms with Crippen molar-refractivity contribution in [1.29, 1.82) is 0 Å². The molecule has 32 heavy (non-hydrogen) atoms. The molecule has 1 unspecified atom stereocenters. The normalized spacial score (nSPS) is 19.3. The van der Waals surface area contributed by atoms with Crippen LogP contribution >= 0.6 is 0 Å². The van der Waals surface area contributed by atoms with Crippen LogP contribution in [0.4, 0.5) is 17.5 Å². The molecule has 0 radical (unpaired) electrons. The number of fused-ring (bicyclic) bond motifs is 3. The first kappa shape index (κ1) is 20.7. The number of rotatable bonds is 5. The maximum absolute atomic E-state index is 12.4. The smallest absolute Gasteiger partial charge is 0.268 e. The van der Waals surface area contributed by atoms with Crippen molar-refractivity contribution >= 4 is 34.4 Å². The summed E-state index contributed by atoms with van der Waals surface area (Å²) in [6.07, 6.45) is 4.64. The van der Waals surface area contributed by atoms with Gasteiger partial charge in [-0.2, -0.15) is 4.98 Å². The van der Waals surface area contributed by atoms with E-state index in [0.717, 1.165) is 49.3 Å². The Hall–Kier alpha value is -3.20. The van der Waals surface area contributed by atoms with Gasteiger partial charge in [0.25, 0.3) is 5.91 Å². The molecule has 2 N–H and O–H groups in total. The van der Waals surface area contributed by atoms with E-state index in [4.69, 9.17) is 4.98 Å². The van der Waals surface area contributed by atoms with Crippen LogP contribution in [-0.2, 0) is 0 Å². The van der Waals surface area contributed by atoms with Crippen LogP contribution in [0.15, 0.2) is 30.6 Å². The van der Waals surface area contributed by atoms with E-state index < -0.39 is 0 Å². The minimum absolute atomic E-state index is 0.0568. The van der Waals surface area contributed by atoms with Gasteiger partial charge in [-0.25, -0.2) is 9.97 Å². The van der Waals surface area contributed by atoms with Crippen molar-refractivity contribution in [3.63, 3.8) is 0 Å². The third-order valence-electron chi connectivity index (χ3n) is 6.27. The van der Waals surface area contributed by atoms with Crippen LogP contribution in [0, 0.1) is 5.92 Å². The van der Waals surface area contributed by atoms with Crippen LogP contribution in [0.5, 0.6) is 0 Å². The van der Waals surface area contributed by atoms with Gasteiger partial charge in [0.05, 0.1) is 17.9 Å². The van der Waals surface area contributed by atoms with Gasteiger partial charge in [0, 0.05) is 44.3 Å². The summed E-state index contributed by atoms with van der Waals surface area (Å²) in [4.78, 5) is 30.9. The van der Waals surface area contributed by atoms with E-state index in [2.05, 4.69) is 61.9 Å². The van der Waals surface area contributed by atoms with Crippen LogP contribution in [0.1, 0.15) is 36.8 Å². The fourth-order valence-corrected chi connectivity index (χ4v) is 4.56. The standard InChI is InChI=1S/C23H30N8O/c1-15(2)10-18-14-25-22(32)19-11-16-12-26-23(28-21(16)31(18)19)27-20-5-4-17(13-24-20)30-8-6-29(3)7-9-30/h4-5,11-13,15,18H,6-10,14H2,1-3H3,(H,25,32)(H,24,26,27,28). The van der Waals surface area contributed by atoms with Crippen molar-refractivity contribution in [2.24, 2.45) is 5.92 Å². The Balaban J connectivity index is 1.39. The zero-order chi connectivity index (χ0) is 22.2. The number of amides is 1. The maximum atomic E-state index is 12.4. The van der Waals surface area contributed by atoms with E-state index in [1.165, 1.54) is 0 Å². The molecular formula is C23H30N8O. The van der Waals surface area contributed by atoms with Gasteiger partial charge in [-0.05, 0) is 37.6 Å². The summed E-state index contributed by atoms with van der Waals surface area (Å²) in [5.41, 5.74) is 2.56. The number of carbonyl (C=O) groups excluding carboxylic acids is 1. The molecule has 1 saturated heterocycles. The van der Waals surface area contributed by atoms with Crippen molar-refractivity contribution < 1.29 is 4.79 Å². The summed E-state index contributed by atoms with van der Waals surface area (Å²) >= 11 is 0. The average Bonchev–Trinajstić information content (AvgIpc) is 3.17. The van der Waals surface area contributed by atoms with Crippen LogP contribution in [-0.4, -0.2) is 70.1 Å². The van der Waals surface area contributed by atoms with Gasteiger partial charge in [-0.15, -0.1) is 0 Å². The molecule has 3 aromatic heterocycles. The topological polar surface area (TPSA) is 91.2 Å². The minimum Gasteiger partial charge on any atom is -0.368 e. The molecule has 5 rings (SSSR count). The number of nitrogens with zero attached hydrogens (tertiary/aromatic N) is 6. The van der Waals surface area contributed by atoms with E-state index in [0.29, 0.717) is 29.9 Å². The molecule has 0 saturated carbocycles. The molecule has 5 heterocycles. The lowest BCUT2D eigenvalue weighted by Crippen LogP contribution is -2.44. The molecule has 9 nitrogen and oxygen atoms in total. The van der Waals surface area contributed by atoms with Crippen molar-refractivity contribution in [2.75, 3.05) is 50.0 Å². The number of aromatic nitrogens is 4. The predicted molar refractivity (Wildman–Crippen MR) is 126 cm³/mol. The molecule has 0 aliphatic carbocycles. The number of anilines is 3. The fourth-order valence-electron chi connectivity index (χ4n) is 4.56. The molecule has 0 aromatic carbocycles. The SMILES string of the molecule is CC(C)CC1CNC(=O)c2cc3cnc(Nc4ccc(N5CCN(C)CC5)cn4)nc3n21. The Morgan fingerprint density at radius 1 is 1.16 bits per heavy atom. The lowest BCUT2D eigenvalue weighted by atomic mass is 10.0. The van der Waals surface area contributed by atoms with Gasteiger partial charge in [-0.3, -0.25) is 4.79 Å². The second-order valence-electron chi connectivity index (χ2n) is 9.18. The predicted octanol–water partition coefficient (Wildman–Crippen LogP) is 2.65. The van der Waals surface area contributed by atoms with Gasteiger partial charge in [0.15, 0.2) is 0 Å². The highest BCUT2D eigenvalue weighted by atomic mass is 16.2. The van der Waals surface area contributed by atoms with Crippen molar-refractivity contribution in [3.05, 3.63) is 36.3 Å². The van der Waals surface area contributed by atoms with Crippen LogP contribution in [0.3, 0.4) is 0 Å². The van der Waals surface area contributed by atoms with E-state index in [-0.39, 0.29) is 11.9 Å². The summed E-state index contributed by atoms with van der Waals surface area (Å²) < 4.78 is 2.07. The molecule has 3 aromatic rings. The lowest BCUT2D eigenvalue weighted by Gasteiger charge is -2.33. The first-order valence-corrected chi connectivity index (χ1v) is 11.3. The summed E-state index contributed by atoms with van der Waals surface area (Å²) in [7, 11) is 2.15. The highest BCUT2D eigenvalue weighted by Gasteiger charge is 2.28. The molecule has 1 amide bonds. The second kappa shape index (κ2) is 8.38. The van der Waals surface area contributed by atoms with E-state index in [1.54, 1.807) is 6.20 Å². The van der Waals surface area contributed by atoms with Gasteiger partial charge < -0.3 is 25.0 Å². The monoisotopic (exact) mass is 434 g/mol. The molecular weight excluding hydrogens is 404 g/mol. The number of hydrogen-bond donors (Lipinski definition) is 2. The zero-order valence-electron chi connectivity index (χ0n) is 18.9. The zero-order valence-corrected chi connectivity index (χ0v) is 18.9. The number of pyridine rings is 1. The third kappa shape index (κ3) is 4.00. The van der Waals surface area contributed by atoms with Crippen molar-refractivity contribution in [2.45, 2.75) is 26.3 Å². The lowest BCUT2D eigenvalue weighted by molar-refractivity contribution is 0.0912. The summed E-state index contributed by atoms with van der Waals surface area (Å²) in [6.45, 7) is 9.15. The van der Waals surface area contributed by atoms with Gasteiger partial charge in [-0.1, -0.05) is 13.8 Å². The quantitative estimate of drug-likeness (QED) is 0.638. The Kier molecular flexibility index (Phi) is 5.42. The van der Waals surface area contributed by atoms with Crippen molar-refractivity contribution in [1.82, 2.24) is 29.7 Å². The Morgan fingerprint density at radius 3 is 2.69 bits per heavy atom. The van der Waals surface area contributed by atoms with E-state index in [9.17, 15) is 4.79 Å². The molecule has 0 spiro atoms. The fraction of sp³-hybridized carbons (Fsp3) is 0.478. The number of likely N-dealkylation sites (N-methyl/N-ethyl adjacent to an activating group) is 1. The number of nitrogens with one attached hydrogen (secondary N) is 2. The highest BCUT2D eigenvalue weighted by Crippen LogP contribution is 2.30. The summed E-state index contributed by atoms with van der Waals surface area (Å²) in [5.74, 6) is 1.64. The van der Waals surface area contributed by atoms with E-state index in [1.807, 2.05) is 18.3 Å². The van der Waals surface area contributed by atoms with Gasteiger partial charge in [0.1, 0.15) is 17.2 Å². The molecule has 9 heteroatoms. The van der Waals surface area contributed by atoms with Gasteiger partial charge >= 0.3 is 0 Å². The molecule has 1 atom stereocenters. The summed E-state index contributed by atoms with van der Waals surface area (Å²) in [5, 5.41) is 7.10. The number of piperazine rings is 1. The van der Waals surface area contributed by atoms with Crippen LogP contribution in [0.2, 0.25) is 0 Å². The largest absolute Gasteiger partial charge is 0.368 e. The van der Waals surface area contributed by atoms with E-state index >= 15 is 0 Å². The highest BCUT2D eigenvalue weighted by molar-refractivity contribution is 5.98. The van der Waals surface area contributed by atoms with Gasteiger partial charge in [0.2, 0.25) is 5.95 Å². The number of hydrogen-bond acceptors (Lipinski definition) is 7. The molecule has 2 aliphatic heterocycles. The maximum Gasteiger partial charge on any atom is 0.268 e.